The molecule has 242 valence electrons. The molecule has 3 heteroatoms. The second-order valence-corrected chi connectivity index (χ2v) is 21.0. The molecule has 0 saturated carbocycles. The van der Waals surface area contributed by atoms with E-state index in [4.69, 9.17) is 4.52 Å². The quantitative estimate of drug-likeness (QED) is 0.0580. The molecule has 0 aromatic heterocycles. The van der Waals surface area contributed by atoms with Crippen LogP contribution >= 0.6 is 6.83 Å². The van der Waals surface area contributed by atoms with Crippen LogP contribution in [0.5, 0.6) is 0 Å². The predicted molar refractivity (Wildman–Crippen MR) is 186 cm³/mol. The van der Waals surface area contributed by atoms with Gasteiger partial charge in [-0.2, -0.15) is 0 Å². The standard InChI is InChI=1S/C37H77O2P/c1-6-8-10-12-14-16-18-20-22-23-25-27-29-31-33-35-37(38)39-40(3,4,5)36-34-32-30-28-26-24-21-19-17-15-13-11-9-7-2/h6-36H2,1-5H3. The molecule has 0 aliphatic rings. The van der Waals surface area contributed by atoms with Gasteiger partial charge in [0.2, 0.25) is 0 Å². The first-order chi connectivity index (χ1) is 19.3. The minimum absolute atomic E-state index is 0.0604. The van der Waals surface area contributed by atoms with Crippen molar-refractivity contribution in [2.24, 2.45) is 0 Å². The van der Waals surface area contributed by atoms with Crippen LogP contribution in [0.25, 0.3) is 0 Å². The van der Waals surface area contributed by atoms with Gasteiger partial charge in [-0.05, 0) is 0 Å². The van der Waals surface area contributed by atoms with Gasteiger partial charge in [0.05, 0.1) is 0 Å². The summed E-state index contributed by atoms with van der Waals surface area (Å²) in [6.07, 6.45) is 41.5. The van der Waals surface area contributed by atoms with Crippen molar-refractivity contribution >= 4 is 12.8 Å². The number of carbonyl (C=O) groups is 1. The van der Waals surface area contributed by atoms with Gasteiger partial charge in [-0.1, -0.05) is 71.6 Å². The fourth-order valence-electron chi connectivity index (χ4n) is 5.95. The van der Waals surface area contributed by atoms with Gasteiger partial charge in [0, 0.05) is 0 Å². The molecular weight excluding hydrogens is 507 g/mol. The van der Waals surface area contributed by atoms with E-state index < -0.39 is 6.83 Å². The van der Waals surface area contributed by atoms with Gasteiger partial charge in [0.25, 0.3) is 0 Å². The number of hydrogen-bond donors (Lipinski definition) is 0. The molecular formula is C37H77O2P. The maximum absolute atomic E-state index is 12.6. The Morgan fingerprint density at radius 2 is 0.650 bits per heavy atom. The molecule has 0 spiro atoms. The minimum Gasteiger partial charge on any atom is -0.0654 e. The van der Waals surface area contributed by atoms with Crippen molar-refractivity contribution in [3.63, 3.8) is 0 Å². The molecule has 0 aromatic carbocycles. The van der Waals surface area contributed by atoms with Crippen LogP contribution in [0.2, 0.25) is 0 Å². The van der Waals surface area contributed by atoms with E-state index in [2.05, 4.69) is 33.8 Å². The van der Waals surface area contributed by atoms with E-state index in [1.807, 2.05) is 0 Å². The van der Waals surface area contributed by atoms with E-state index in [0.717, 1.165) is 12.6 Å². The Labute approximate surface area is 254 Å². The summed E-state index contributed by atoms with van der Waals surface area (Å²) < 4.78 is 6.15. The van der Waals surface area contributed by atoms with Crippen LogP contribution in [0, 0.1) is 0 Å². The van der Waals surface area contributed by atoms with Gasteiger partial charge in [-0.3, -0.25) is 0 Å². The average Bonchev–Trinajstić information content (AvgIpc) is 2.90. The topological polar surface area (TPSA) is 26.3 Å². The Morgan fingerprint density at radius 3 is 0.950 bits per heavy atom. The second kappa shape index (κ2) is 27.7. The summed E-state index contributed by atoms with van der Waals surface area (Å²) in [5.41, 5.74) is 0. The van der Waals surface area contributed by atoms with Gasteiger partial charge in [-0.15, -0.1) is 0 Å². The molecule has 0 aliphatic carbocycles. The zero-order chi connectivity index (χ0) is 29.7. The van der Waals surface area contributed by atoms with Crippen LogP contribution in [0.4, 0.5) is 0 Å². The van der Waals surface area contributed by atoms with Crippen molar-refractivity contribution in [1.29, 1.82) is 0 Å². The summed E-state index contributed by atoms with van der Waals surface area (Å²) in [5.74, 6) is 0.0604. The molecule has 0 heterocycles. The van der Waals surface area contributed by atoms with E-state index in [0.29, 0.717) is 6.42 Å². The molecule has 0 unspecified atom stereocenters. The smallest absolute Gasteiger partial charge is 0.0654 e. The zero-order valence-electron chi connectivity index (χ0n) is 28.7. The minimum atomic E-state index is -2.30. The summed E-state index contributed by atoms with van der Waals surface area (Å²) in [6.45, 7) is 9.02. The van der Waals surface area contributed by atoms with Crippen LogP contribution in [0.3, 0.4) is 0 Å². The number of hydrogen-bond acceptors (Lipinski definition) is 2. The Hall–Kier alpha value is -0.100. The first-order valence-electron chi connectivity index (χ1n) is 18.5. The van der Waals surface area contributed by atoms with Crippen molar-refractivity contribution in [3.8, 4) is 0 Å². The third kappa shape index (κ3) is 30.8. The number of rotatable bonds is 32. The molecule has 0 radical (unpaired) electrons. The van der Waals surface area contributed by atoms with Gasteiger partial charge >= 0.3 is 183 Å². The van der Waals surface area contributed by atoms with E-state index in [1.54, 1.807) is 0 Å². The molecule has 0 aliphatic heterocycles. The molecule has 0 amide bonds. The molecule has 0 N–H and O–H groups in total. The van der Waals surface area contributed by atoms with Crippen molar-refractivity contribution in [2.75, 3.05) is 26.2 Å². The van der Waals surface area contributed by atoms with Gasteiger partial charge < -0.3 is 0 Å². The van der Waals surface area contributed by atoms with Crippen LogP contribution in [0.15, 0.2) is 0 Å². The van der Waals surface area contributed by atoms with Crippen molar-refractivity contribution in [1.82, 2.24) is 0 Å². The van der Waals surface area contributed by atoms with Crippen LogP contribution in [-0.2, 0) is 9.32 Å². The normalized spacial score (nSPS) is 12.9. The molecule has 0 atom stereocenters. The zero-order valence-corrected chi connectivity index (χ0v) is 29.6. The van der Waals surface area contributed by atoms with E-state index in [9.17, 15) is 4.79 Å². The Kier molecular flexibility index (Phi) is 27.6. The van der Waals surface area contributed by atoms with E-state index in [-0.39, 0.29) is 5.97 Å². The summed E-state index contributed by atoms with van der Waals surface area (Å²) in [6, 6.07) is 0. The average molecular weight is 585 g/mol. The van der Waals surface area contributed by atoms with Crippen LogP contribution in [0.1, 0.15) is 206 Å². The fourth-order valence-corrected chi connectivity index (χ4v) is 8.19. The van der Waals surface area contributed by atoms with Gasteiger partial charge in [0.15, 0.2) is 0 Å². The number of carbonyl (C=O) groups excluding carboxylic acids is 1. The predicted octanol–water partition coefficient (Wildman–Crippen LogP) is 13.6. The van der Waals surface area contributed by atoms with Crippen LogP contribution in [-0.4, -0.2) is 32.1 Å². The molecule has 0 fully saturated rings. The Morgan fingerprint density at radius 1 is 0.400 bits per heavy atom. The van der Waals surface area contributed by atoms with E-state index >= 15 is 0 Å². The van der Waals surface area contributed by atoms with Gasteiger partial charge in [-0.25, -0.2) is 0 Å². The first kappa shape index (κ1) is 39.9. The third-order valence-corrected chi connectivity index (χ3v) is 11.4. The molecule has 2 nitrogen and oxygen atoms in total. The third-order valence-electron chi connectivity index (χ3n) is 8.70. The molecule has 0 saturated heterocycles. The first-order valence-corrected chi connectivity index (χ1v) is 22.2. The van der Waals surface area contributed by atoms with Crippen LogP contribution < -0.4 is 0 Å². The molecule has 0 bridgehead atoms. The van der Waals surface area contributed by atoms with E-state index in [1.165, 1.54) is 180 Å². The monoisotopic (exact) mass is 585 g/mol. The second-order valence-electron chi connectivity index (χ2n) is 14.4. The summed E-state index contributed by atoms with van der Waals surface area (Å²) in [7, 11) is 0. The fraction of sp³-hybridized carbons (Fsp3) is 0.973. The maximum atomic E-state index is 12.6. The van der Waals surface area contributed by atoms with Crippen molar-refractivity contribution in [3.05, 3.63) is 0 Å². The SMILES string of the molecule is CCCCCCCCCCCCCCCCCC(=O)OP(C)(C)(C)CCCCCCCCCCCCCCCC. The van der Waals surface area contributed by atoms with Crippen molar-refractivity contribution in [2.45, 2.75) is 206 Å². The summed E-state index contributed by atoms with van der Waals surface area (Å²) in [5, 5.41) is 0. The molecule has 40 heavy (non-hydrogen) atoms. The Balaban J connectivity index is 3.55. The van der Waals surface area contributed by atoms with Crippen molar-refractivity contribution < 1.29 is 9.32 Å². The molecule has 0 rings (SSSR count). The summed E-state index contributed by atoms with van der Waals surface area (Å²) in [4.78, 5) is 12.6. The number of unbranched alkanes of at least 4 members (excludes halogenated alkanes) is 27. The Bertz CT molecular complexity index is 536. The molecule has 0 aromatic rings. The summed E-state index contributed by atoms with van der Waals surface area (Å²) >= 11 is 0. The van der Waals surface area contributed by atoms with Gasteiger partial charge in [0.1, 0.15) is 0 Å².